The maximum Gasteiger partial charge on any atom is 0.435 e. The van der Waals surface area contributed by atoms with Crippen LogP contribution in [-0.4, -0.2) is 16.8 Å². The van der Waals surface area contributed by atoms with Crippen molar-refractivity contribution >= 4 is 5.69 Å². The van der Waals surface area contributed by atoms with Crippen molar-refractivity contribution in [3.05, 3.63) is 71.0 Å². The second-order valence-corrected chi connectivity index (χ2v) is 6.76. The SMILES string of the molecule is CCc1cccc(N(C)N)c1COc1ccc(-n2ccc(C(F)(F)F)n2)cc1C. The van der Waals surface area contributed by atoms with Crippen LogP contribution in [0, 0.1) is 6.92 Å². The first-order chi connectivity index (χ1) is 13.7. The fraction of sp³-hybridized carbons (Fsp3) is 0.286. The molecule has 2 N–H and O–H groups in total. The molecule has 2 aromatic carbocycles. The van der Waals surface area contributed by atoms with Gasteiger partial charge in [-0.25, -0.2) is 10.5 Å². The lowest BCUT2D eigenvalue weighted by Gasteiger charge is -2.20. The van der Waals surface area contributed by atoms with Crippen molar-refractivity contribution in [1.29, 1.82) is 0 Å². The summed E-state index contributed by atoms with van der Waals surface area (Å²) < 4.78 is 45.5. The van der Waals surface area contributed by atoms with Crippen LogP contribution in [0.25, 0.3) is 5.69 Å². The highest BCUT2D eigenvalue weighted by molar-refractivity contribution is 5.55. The molecule has 0 fully saturated rings. The Kier molecular flexibility index (Phi) is 5.83. The summed E-state index contributed by atoms with van der Waals surface area (Å²) in [5, 5.41) is 5.16. The predicted octanol–water partition coefficient (Wildman–Crippen LogP) is 4.65. The molecule has 0 amide bonds. The molecule has 3 rings (SSSR count). The molecular weight excluding hydrogens is 381 g/mol. The second kappa shape index (κ2) is 8.16. The molecule has 154 valence electrons. The number of rotatable bonds is 6. The Morgan fingerprint density at radius 1 is 1.17 bits per heavy atom. The molecule has 1 heterocycles. The topological polar surface area (TPSA) is 56.3 Å². The molecule has 0 radical (unpaired) electrons. The molecule has 0 saturated carbocycles. The highest BCUT2D eigenvalue weighted by Crippen LogP contribution is 2.29. The molecule has 0 spiro atoms. The van der Waals surface area contributed by atoms with Crippen LogP contribution in [-0.2, 0) is 19.2 Å². The molecule has 1 aromatic heterocycles. The molecule has 0 aliphatic rings. The minimum Gasteiger partial charge on any atom is -0.489 e. The number of aromatic nitrogens is 2. The maximum atomic E-state index is 12.8. The Balaban J connectivity index is 1.82. The van der Waals surface area contributed by atoms with E-state index in [0.717, 1.165) is 34.9 Å². The third-order valence-corrected chi connectivity index (χ3v) is 4.68. The molecule has 0 unspecified atom stereocenters. The lowest BCUT2D eigenvalue weighted by Crippen LogP contribution is -2.27. The number of hydrogen-bond acceptors (Lipinski definition) is 4. The number of benzene rings is 2. The van der Waals surface area contributed by atoms with Crippen molar-refractivity contribution in [3.8, 4) is 11.4 Å². The van der Waals surface area contributed by atoms with E-state index in [1.54, 1.807) is 30.3 Å². The van der Waals surface area contributed by atoms with E-state index in [9.17, 15) is 13.2 Å². The van der Waals surface area contributed by atoms with Crippen LogP contribution in [0.1, 0.15) is 29.3 Å². The summed E-state index contributed by atoms with van der Waals surface area (Å²) in [6.07, 6.45) is -2.33. The van der Waals surface area contributed by atoms with Gasteiger partial charge in [0.2, 0.25) is 0 Å². The summed E-state index contributed by atoms with van der Waals surface area (Å²) in [4.78, 5) is 0. The van der Waals surface area contributed by atoms with E-state index >= 15 is 0 Å². The molecule has 3 aromatic rings. The fourth-order valence-electron chi connectivity index (χ4n) is 3.16. The van der Waals surface area contributed by atoms with Gasteiger partial charge in [0.15, 0.2) is 5.69 Å². The number of ether oxygens (including phenoxy) is 1. The molecule has 0 aliphatic heterocycles. The summed E-state index contributed by atoms with van der Waals surface area (Å²) in [5.41, 5.74) is 3.43. The highest BCUT2D eigenvalue weighted by Gasteiger charge is 2.33. The van der Waals surface area contributed by atoms with Gasteiger partial charge in [0, 0.05) is 18.8 Å². The lowest BCUT2D eigenvalue weighted by molar-refractivity contribution is -0.141. The summed E-state index contributed by atoms with van der Waals surface area (Å²) >= 11 is 0. The largest absolute Gasteiger partial charge is 0.489 e. The van der Waals surface area contributed by atoms with Gasteiger partial charge in [0.05, 0.1) is 11.4 Å². The van der Waals surface area contributed by atoms with Crippen LogP contribution in [0.15, 0.2) is 48.7 Å². The number of nitrogens with zero attached hydrogens (tertiary/aromatic N) is 3. The zero-order chi connectivity index (χ0) is 21.2. The molecule has 0 saturated heterocycles. The van der Waals surface area contributed by atoms with E-state index in [2.05, 4.69) is 12.0 Å². The first-order valence-electron chi connectivity index (χ1n) is 9.16. The van der Waals surface area contributed by atoms with Gasteiger partial charge in [-0.15, -0.1) is 0 Å². The number of anilines is 1. The molecule has 0 bridgehead atoms. The molecule has 8 heteroatoms. The monoisotopic (exact) mass is 404 g/mol. The van der Waals surface area contributed by atoms with Crippen molar-refractivity contribution in [2.24, 2.45) is 5.84 Å². The van der Waals surface area contributed by atoms with Crippen molar-refractivity contribution < 1.29 is 17.9 Å². The smallest absolute Gasteiger partial charge is 0.435 e. The number of hydrazine groups is 1. The minimum atomic E-state index is -4.47. The Bertz CT molecular complexity index is 996. The second-order valence-electron chi connectivity index (χ2n) is 6.76. The number of nitrogens with two attached hydrogens (primary N) is 1. The minimum absolute atomic E-state index is 0.334. The predicted molar refractivity (Wildman–Crippen MR) is 106 cm³/mol. The van der Waals surface area contributed by atoms with Crippen LogP contribution in [0.3, 0.4) is 0 Å². The van der Waals surface area contributed by atoms with Gasteiger partial charge in [0.25, 0.3) is 0 Å². The fourth-order valence-corrected chi connectivity index (χ4v) is 3.16. The Morgan fingerprint density at radius 3 is 2.52 bits per heavy atom. The van der Waals surface area contributed by atoms with Gasteiger partial charge in [-0.3, -0.25) is 0 Å². The molecular formula is C21H23F3N4O. The van der Waals surface area contributed by atoms with Crippen LogP contribution in [0.2, 0.25) is 0 Å². The van der Waals surface area contributed by atoms with Gasteiger partial charge in [-0.2, -0.15) is 18.3 Å². The van der Waals surface area contributed by atoms with Crippen LogP contribution >= 0.6 is 0 Å². The Hall–Kier alpha value is -3.00. The number of aryl methyl sites for hydroxylation is 2. The van der Waals surface area contributed by atoms with Crippen molar-refractivity contribution in [2.45, 2.75) is 33.1 Å². The van der Waals surface area contributed by atoms with E-state index in [-0.39, 0.29) is 0 Å². The van der Waals surface area contributed by atoms with Crippen molar-refractivity contribution in [2.75, 3.05) is 12.1 Å². The zero-order valence-electron chi connectivity index (χ0n) is 16.5. The third-order valence-electron chi connectivity index (χ3n) is 4.68. The maximum absolute atomic E-state index is 12.8. The van der Waals surface area contributed by atoms with Crippen LogP contribution in [0.4, 0.5) is 18.9 Å². The molecule has 0 atom stereocenters. The molecule has 29 heavy (non-hydrogen) atoms. The first-order valence-corrected chi connectivity index (χ1v) is 9.16. The average Bonchev–Trinajstić information content (AvgIpc) is 3.17. The quantitative estimate of drug-likeness (QED) is 0.480. The van der Waals surface area contributed by atoms with Gasteiger partial charge in [0.1, 0.15) is 12.4 Å². The standard InChI is InChI=1S/C21H23F3N4O/c1-4-15-6-5-7-18(27(3)25)17(15)13-29-19-9-8-16(12-14(19)2)28-11-10-20(26-28)21(22,23)24/h5-12H,4,13,25H2,1-3H3. The van der Waals surface area contributed by atoms with E-state index in [1.807, 2.05) is 25.1 Å². The zero-order valence-corrected chi connectivity index (χ0v) is 16.5. The van der Waals surface area contributed by atoms with Gasteiger partial charge in [-0.1, -0.05) is 19.1 Å². The molecule has 0 aliphatic carbocycles. The van der Waals surface area contributed by atoms with Crippen LogP contribution < -0.4 is 15.6 Å². The first kappa shape index (κ1) is 20.7. The van der Waals surface area contributed by atoms with Crippen molar-refractivity contribution in [1.82, 2.24) is 9.78 Å². The highest BCUT2D eigenvalue weighted by atomic mass is 19.4. The van der Waals surface area contributed by atoms with E-state index in [0.29, 0.717) is 18.0 Å². The van der Waals surface area contributed by atoms with Crippen LogP contribution in [0.5, 0.6) is 5.75 Å². The molecule has 5 nitrogen and oxygen atoms in total. The Labute approximate surface area is 167 Å². The van der Waals surface area contributed by atoms with Gasteiger partial charge in [-0.05, 0) is 54.8 Å². The van der Waals surface area contributed by atoms with Gasteiger partial charge >= 0.3 is 6.18 Å². The van der Waals surface area contributed by atoms with Gasteiger partial charge < -0.3 is 9.75 Å². The summed E-state index contributed by atoms with van der Waals surface area (Å²) in [7, 11) is 1.78. The summed E-state index contributed by atoms with van der Waals surface area (Å²) in [6, 6.07) is 12.0. The third kappa shape index (κ3) is 4.54. The summed E-state index contributed by atoms with van der Waals surface area (Å²) in [5.74, 6) is 6.59. The summed E-state index contributed by atoms with van der Waals surface area (Å²) in [6.45, 7) is 4.24. The Morgan fingerprint density at radius 2 is 1.93 bits per heavy atom. The average molecular weight is 404 g/mol. The number of halogens is 3. The number of hydrogen-bond donors (Lipinski definition) is 1. The van der Waals surface area contributed by atoms with E-state index in [1.165, 1.54) is 10.9 Å². The number of alkyl halides is 3. The lowest BCUT2D eigenvalue weighted by atomic mass is 10.0. The van der Waals surface area contributed by atoms with E-state index < -0.39 is 11.9 Å². The normalized spacial score (nSPS) is 11.6. The van der Waals surface area contributed by atoms with Crippen molar-refractivity contribution in [3.63, 3.8) is 0 Å². The van der Waals surface area contributed by atoms with E-state index in [4.69, 9.17) is 10.6 Å².